The molecule has 4 amide bonds. The number of nitrogens with one attached hydrogen (secondary N) is 4. The third kappa shape index (κ3) is 8.21. The second kappa shape index (κ2) is 16.5. The van der Waals surface area contributed by atoms with Crippen LogP contribution in [0.3, 0.4) is 0 Å². The summed E-state index contributed by atoms with van der Waals surface area (Å²) in [7, 11) is 1.29. The van der Waals surface area contributed by atoms with Crippen LogP contribution in [0.15, 0.2) is 73.1 Å². The van der Waals surface area contributed by atoms with Crippen molar-refractivity contribution in [3.63, 3.8) is 0 Å². The normalized spacial score (nSPS) is 20.4. The van der Waals surface area contributed by atoms with E-state index >= 15 is 0 Å². The summed E-state index contributed by atoms with van der Waals surface area (Å²) < 4.78 is 4.73. The molecule has 0 saturated carbocycles. The lowest BCUT2D eigenvalue weighted by Crippen LogP contribution is -2.48. The molecule has 6 atom stereocenters. The van der Waals surface area contributed by atoms with Crippen molar-refractivity contribution in [3.05, 3.63) is 84.7 Å². The van der Waals surface area contributed by atoms with Crippen molar-refractivity contribution in [2.24, 2.45) is 11.8 Å². The van der Waals surface area contributed by atoms with Gasteiger partial charge in [-0.05, 0) is 77.1 Å². The highest BCUT2D eigenvalue weighted by atomic mass is 16.5. The zero-order valence-electron chi connectivity index (χ0n) is 32.9. The summed E-state index contributed by atoms with van der Waals surface area (Å²) in [5.74, 6) is 1.59. The molecule has 2 aliphatic heterocycles. The Hall–Kier alpha value is -6.18. The monoisotopic (exact) mass is 774 g/mol. The van der Waals surface area contributed by atoms with Crippen molar-refractivity contribution in [2.75, 3.05) is 20.2 Å². The van der Waals surface area contributed by atoms with Gasteiger partial charge in [0.05, 0.1) is 43.0 Å². The molecule has 7 rings (SSSR count). The number of H-pyrrole nitrogens is 2. The molecule has 0 bridgehead atoms. The Morgan fingerprint density at radius 3 is 1.68 bits per heavy atom. The highest BCUT2D eigenvalue weighted by Crippen LogP contribution is 2.38. The van der Waals surface area contributed by atoms with Crippen LogP contribution in [-0.2, 0) is 14.3 Å². The van der Waals surface area contributed by atoms with E-state index in [1.165, 1.54) is 7.11 Å². The molecule has 4 heterocycles. The first-order chi connectivity index (χ1) is 27.5. The lowest BCUT2D eigenvalue weighted by Gasteiger charge is -2.27. The molecule has 2 aliphatic rings. The molecular weight excluding hydrogens is 725 g/mol. The molecule has 3 aromatic carbocycles. The van der Waals surface area contributed by atoms with Crippen LogP contribution < -0.4 is 10.6 Å². The van der Waals surface area contributed by atoms with Gasteiger partial charge < -0.3 is 40.2 Å². The van der Waals surface area contributed by atoms with E-state index < -0.39 is 24.3 Å². The molecule has 2 saturated heterocycles. The zero-order valence-corrected chi connectivity index (χ0v) is 32.9. The van der Waals surface area contributed by atoms with Crippen LogP contribution >= 0.6 is 0 Å². The van der Waals surface area contributed by atoms with Crippen molar-refractivity contribution in [2.45, 2.75) is 77.5 Å². The zero-order chi connectivity index (χ0) is 40.4. The molecule has 14 nitrogen and oxygen atoms in total. The summed E-state index contributed by atoms with van der Waals surface area (Å²) in [6, 6.07) is 19.0. The number of aromatic nitrogens is 4. The molecule has 0 spiro atoms. The van der Waals surface area contributed by atoms with Crippen molar-refractivity contribution < 1.29 is 29.0 Å². The van der Waals surface area contributed by atoms with Gasteiger partial charge in [0, 0.05) is 18.7 Å². The maximum absolute atomic E-state index is 13.5. The summed E-state index contributed by atoms with van der Waals surface area (Å²) >= 11 is 0. The van der Waals surface area contributed by atoms with Gasteiger partial charge in [-0.2, -0.15) is 0 Å². The number of ether oxygens (including phenoxy) is 1. The summed E-state index contributed by atoms with van der Waals surface area (Å²) in [6.45, 7) is 8.99. The Bertz CT molecular complexity index is 2270. The maximum Gasteiger partial charge on any atom is 0.407 e. The molecule has 14 heteroatoms. The van der Waals surface area contributed by atoms with E-state index in [9.17, 15) is 24.3 Å². The Morgan fingerprint density at radius 2 is 1.18 bits per heavy atom. The number of aromatic amines is 2. The first kappa shape index (κ1) is 39.1. The maximum atomic E-state index is 13.5. The second-order valence-electron chi connectivity index (χ2n) is 15.4. The van der Waals surface area contributed by atoms with Gasteiger partial charge in [-0.3, -0.25) is 9.59 Å². The van der Waals surface area contributed by atoms with Crippen LogP contribution in [0.1, 0.15) is 77.1 Å². The van der Waals surface area contributed by atoms with E-state index in [1.54, 1.807) is 18.0 Å². The topological polar surface area (TPSA) is 186 Å². The lowest BCUT2D eigenvalue weighted by atomic mass is 9.98. The fourth-order valence-corrected chi connectivity index (χ4v) is 8.27. The SMILES string of the molecule is CC[C@H](NC(=O)O)C(=O)N1C[C@@H](C)C[C@H]1c1ncc(-c2ccc(-c3ccc4cc(-c5cnc([C@@H]6C[C@H](C)CN6C(=O)[C@H](CC)NC(=O)OC)[nH]5)ccc4c3)cc2)[nH]1. The van der Waals surface area contributed by atoms with Gasteiger partial charge in [0.15, 0.2) is 0 Å². The minimum Gasteiger partial charge on any atom is -0.465 e. The number of hydrogen-bond donors (Lipinski definition) is 5. The Balaban J connectivity index is 1.04. The summed E-state index contributed by atoms with van der Waals surface area (Å²) in [5, 5.41) is 16.4. The van der Waals surface area contributed by atoms with Gasteiger partial charge in [-0.25, -0.2) is 19.6 Å². The number of carboxylic acid groups (broad SMARTS) is 1. The molecule has 0 unspecified atom stereocenters. The van der Waals surface area contributed by atoms with Gasteiger partial charge in [-0.1, -0.05) is 76.2 Å². The predicted octanol–water partition coefficient (Wildman–Crippen LogP) is 7.29. The number of amides is 4. The Labute approximate surface area is 331 Å². The smallest absolute Gasteiger partial charge is 0.407 e. The van der Waals surface area contributed by atoms with E-state index in [-0.39, 0.29) is 35.7 Å². The molecule has 5 N–H and O–H groups in total. The third-order valence-corrected chi connectivity index (χ3v) is 11.3. The van der Waals surface area contributed by atoms with Gasteiger partial charge in [0.25, 0.3) is 0 Å². The predicted molar refractivity (Wildman–Crippen MR) is 216 cm³/mol. The van der Waals surface area contributed by atoms with Crippen LogP contribution in [0.5, 0.6) is 0 Å². The first-order valence-corrected chi connectivity index (χ1v) is 19.7. The summed E-state index contributed by atoms with van der Waals surface area (Å²) in [4.78, 5) is 69.9. The number of methoxy groups -OCH3 is 1. The molecule has 0 aliphatic carbocycles. The fourth-order valence-electron chi connectivity index (χ4n) is 8.27. The largest absolute Gasteiger partial charge is 0.465 e. The number of likely N-dealkylation sites (tertiary alicyclic amines) is 2. The minimum absolute atomic E-state index is 0.142. The van der Waals surface area contributed by atoms with Crippen LogP contribution in [0.2, 0.25) is 0 Å². The number of hydrogen-bond acceptors (Lipinski definition) is 7. The lowest BCUT2D eigenvalue weighted by molar-refractivity contribution is -0.135. The standard InChI is InChI=1S/C43H50N8O6/c1-6-32(48-42(54)55)40(52)50-22-24(3)16-36(50)38-44-20-34(46-38)27-10-8-26(9-11-27)28-12-13-30-19-31(15-14-29(30)18-28)35-21-45-39(47-35)37-17-25(4)23-51(37)41(53)33(7-2)49-43(56)57-5/h8-15,18-21,24-25,32-33,36-37,48H,6-7,16-17,22-23H2,1-5H3,(H,44,46)(H,45,47)(H,49,56)(H,54,55)/t24-,25-,32-,33-,36-,37-/m0/s1. The van der Waals surface area contributed by atoms with Crippen LogP contribution in [0.4, 0.5) is 9.59 Å². The van der Waals surface area contributed by atoms with E-state index in [0.717, 1.165) is 63.1 Å². The number of rotatable bonds is 11. The molecule has 0 radical (unpaired) electrons. The number of carbonyl (C=O) groups is 4. The second-order valence-corrected chi connectivity index (χ2v) is 15.4. The van der Waals surface area contributed by atoms with Crippen LogP contribution in [0, 0.1) is 11.8 Å². The molecular formula is C43H50N8O6. The van der Waals surface area contributed by atoms with E-state index in [2.05, 4.69) is 100 Å². The molecule has 5 aromatic rings. The quantitative estimate of drug-likeness (QED) is 0.0926. The molecule has 298 valence electrons. The summed E-state index contributed by atoms with van der Waals surface area (Å²) in [6.07, 6.45) is 4.10. The Kier molecular flexibility index (Phi) is 11.3. The number of alkyl carbamates (subject to hydrolysis) is 1. The van der Waals surface area contributed by atoms with Crippen LogP contribution in [0.25, 0.3) is 44.4 Å². The highest BCUT2D eigenvalue weighted by Gasteiger charge is 2.40. The Morgan fingerprint density at radius 1 is 0.719 bits per heavy atom. The molecule has 57 heavy (non-hydrogen) atoms. The van der Waals surface area contributed by atoms with Crippen LogP contribution in [-0.4, -0.2) is 91.1 Å². The average Bonchev–Trinajstić information content (AvgIpc) is 4.05. The number of imidazole rings is 2. The number of nitrogens with zero attached hydrogens (tertiary/aromatic N) is 4. The van der Waals surface area contributed by atoms with Crippen molar-refractivity contribution in [3.8, 4) is 33.6 Å². The van der Waals surface area contributed by atoms with Gasteiger partial charge in [-0.15, -0.1) is 0 Å². The van der Waals surface area contributed by atoms with Crippen molar-refractivity contribution in [1.29, 1.82) is 0 Å². The van der Waals surface area contributed by atoms with Crippen molar-refractivity contribution in [1.82, 2.24) is 40.4 Å². The van der Waals surface area contributed by atoms with E-state index in [0.29, 0.717) is 31.8 Å². The molecule has 2 fully saturated rings. The average molecular weight is 775 g/mol. The number of benzene rings is 3. The fraction of sp³-hybridized carbons (Fsp3) is 0.395. The van der Waals surface area contributed by atoms with Crippen molar-refractivity contribution >= 4 is 34.8 Å². The number of carbonyl (C=O) groups excluding carboxylic acids is 3. The third-order valence-electron chi connectivity index (χ3n) is 11.3. The van der Waals surface area contributed by atoms with Gasteiger partial charge >= 0.3 is 12.2 Å². The molecule has 2 aromatic heterocycles. The first-order valence-electron chi connectivity index (χ1n) is 19.7. The minimum atomic E-state index is -1.21. The van der Waals surface area contributed by atoms with Gasteiger partial charge in [0.1, 0.15) is 23.7 Å². The van der Waals surface area contributed by atoms with Gasteiger partial charge in [0.2, 0.25) is 11.8 Å². The highest BCUT2D eigenvalue weighted by molar-refractivity contribution is 5.91. The van der Waals surface area contributed by atoms with E-state index in [1.807, 2.05) is 18.0 Å². The van der Waals surface area contributed by atoms with E-state index in [4.69, 9.17) is 9.72 Å². The number of fused-ring (bicyclic) bond motifs is 1. The summed E-state index contributed by atoms with van der Waals surface area (Å²) in [5.41, 5.74) is 5.81.